The van der Waals surface area contributed by atoms with E-state index in [2.05, 4.69) is 0 Å². The van der Waals surface area contributed by atoms with Crippen LogP contribution in [0.1, 0.15) is 18.9 Å². The van der Waals surface area contributed by atoms with Gasteiger partial charge in [0.15, 0.2) is 0 Å². The van der Waals surface area contributed by atoms with E-state index in [1.165, 1.54) is 4.90 Å². The molecule has 12 heteroatoms. The van der Waals surface area contributed by atoms with Crippen molar-refractivity contribution >= 4 is 50.7 Å². The molecule has 1 atom stereocenters. The highest BCUT2D eigenvalue weighted by atomic mass is 35.5. The highest BCUT2D eigenvalue weighted by molar-refractivity contribution is 7.89. The topological polar surface area (TPSA) is 57.7 Å². The van der Waals surface area contributed by atoms with Crippen LogP contribution < -0.4 is 0 Å². The fourth-order valence-corrected chi connectivity index (χ4v) is 5.51. The number of piperazine rings is 1. The Hall–Kier alpha value is -0.740. The van der Waals surface area contributed by atoms with Gasteiger partial charge in [0, 0.05) is 26.2 Å². The first-order valence-electron chi connectivity index (χ1n) is 8.24. The Balaban J connectivity index is 1.75. The number of halogens is 6. The first kappa shape index (κ1) is 22.0. The van der Waals surface area contributed by atoms with E-state index in [1.54, 1.807) is 6.92 Å². The number of hydrogen-bond donors (Lipinski definition) is 0. The van der Waals surface area contributed by atoms with Crippen molar-refractivity contribution in [3.63, 3.8) is 0 Å². The van der Waals surface area contributed by atoms with Gasteiger partial charge in [-0.15, -0.1) is 23.2 Å². The van der Waals surface area contributed by atoms with Crippen molar-refractivity contribution in [2.75, 3.05) is 26.2 Å². The van der Waals surface area contributed by atoms with Crippen LogP contribution in [0.15, 0.2) is 23.1 Å². The lowest BCUT2D eigenvalue weighted by atomic mass is 10.1. The van der Waals surface area contributed by atoms with Gasteiger partial charge in [0.2, 0.25) is 15.9 Å². The monoisotopic (exact) mass is 478 g/mol. The second-order valence-corrected chi connectivity index (χ2v) is 10.9. The average molecular weight is 480 g/mol. The Bertz CT molecular complexity index is 915. The van der Waals surface area contributed by atoms with Crippen LogP contribution in [0, 0.1) is 5.41 Å². The van der Waals surface area contributed by atoms with E-state index < -0.39 is 41.4 Å². The number of amides is 1. The van der Waals surface area contributed by atoms with E-state index >= 15 is 0 Å². The summed E-state index contributed by atoms with van der Waals surface area (Å²) in [5, 5.41) is -0.579. The Kier molecular flexibility index (Phi) is 5.41. The van der Waals surface area contributed by atoms with Gasteiger partial charge in [0.25, 0.3) is 0 Å². The molecule has 1 heterocycles. The van der Waals surface area contributed by atoms with Crippen molar-refractivity contribution in [3.05, 3.63) is 28.8 Å². The second-order valence-electron chi connectivity index (χ2n) is 7.05. The van der Waals surface area contributed by atoms with Crippen LogP contribution in [0.4, 0.5) is 13.2 Å². The van der Waals surface area contributed by atoms with E-state index in [9.17, 15) is 26.4 Å². The van der Waals surface area contributed by atoms with Crippen molar-refractivity contribution in [1.82, 2.24) is 9.21 Å². The third kappa shape index (κ3) is 3.71. The number of rotatable bonds is 3. The van der Waals surface area contributed by atoms with E-state index in [-0.39, 0.29) is 32.1 Å². The number of carbonyl (C=O) groups is 1. The molecule has 0 bridgehead atoms. The molecule has 1 saturated carbocycles. The minimum Gasteiger partial charge on any atom is -0.339 e. The predicted octanol–water partition coefficient (Wildman–Crippen LogP) is 3.78. The largest absolute Gasteiger partial charge is 0.417 e. The lowest BCUT2D eigenvalue weighted by molar-refractivity contribution is -0.138. The zero-order chi connectivity index (χ0) is 21.1. The summed E-state index contributed by atoms with van der Waals surface area (Å²) in [6, 6.07) is 2.46. The molecule has 2 aliphatic rings. The van der Waals surface area contributed by atoms with Crippen molar-refractivity contribution < 1.29 is 26.4 Å². The van der Waals surface area contributed by atoms with Crippen LogP contribution in [0.2, 0.25) is 5.02 Å². The summed E-state index contributed by atoms with van der Waals surface area (Å²) in [7, 11) is -4.17. The van der Waals surface area contributed by atoms with Crippen LogP contribution >= 0.6 is 34.8 Å². The molecule has 1 amide bonds. The zero-order valence-electron chi connectivity index (χ0n) is 14.6. The molecule has 2 fully saturated rings. The fraction of sp³-hybridized carbons (Fsp3) is 0.562. The van der Waals surface area contributed by atoms with Gasteiger partial charge in [-0.25, -0.2) is 8.42 Å². The molecule has 1 saturated heterocycles. The third-order valence-corrected chi connectivity index (χ3v) is 8.46. The van der Waals surface area contributed by atoms with Gasteiger partial charge >= 0.3 is 6.18 Å². The molecule has 1 aliphatic carbocycles. The molecule has 1 aromatic carbocycles. The maximum absolute atomic E-state index is 13.0. The standard InChI is InChI=1S/C16H16Cl3F3N2O3S/c1-14(9-15(14,18)19)13(25)23-4-6-24(7-5-23)28(26,27)10-2-3-12(17)11(8-10)16(20,21)22/h2-3,8H,4-7,9H2,1H3/t14-/m1/s1. The lowest BCUT2D eigenvalue weighted by Crippen LogP contribution is -2.52. The van der Waals surface area contributed by atoms with Gasteiger partial charge < -0.3 is 4.90 Å². The van der Waals surface area contributed by atoms with Gasteiger partial charge in [-0.3, -0.25) is 4.79 Å². The lowest BCUT2D eigenvalue weighted by Gasteiger charge is -2.35. The molecule has 1 aromatic rings. The number of benzene rings is 1. The molecule has 3 rings (SSSR count). The molecule has 28 heavy (non-hydrogen) atoms. The molecule has 156 valence electrons. The summed E-state index contributed by atoms with van der Waals surface area (Å²) >= 11 is 17.6. The minimum atomic E-state index is -4.77. The molecular formula is C16H16Cl3F3N2O3S. The summed E-state index contributed by atoms with van der Waals surface area (Å²) in [6.07, 6.45) is -4.46. The first-order chi connectivity index (χ1) is 12.7. The quantitative estimate of drug-likeness (QED) is 0.620. The summed E-state index contributed by atoms with van der Waals surface area (Å²) in [6.45, 7) is 1.73. The normalized spacial score (nSPS) is 25.6. The minimum absolute atomic E-state index is 0.0499. The zero-order valence-corrected chi connectivity index (χ0v) is 17.6. The Morgan fingerprint density at radius 1 is 1.14 bits per heavy atom. The highest BCUT2D eigenvalue weighted by Gasteiger charge is 2.68. The number of hydrogen-bond acceptors (Lipinski definition) is 3. The molecule has 0 unspecified atom stereocenters. The van der Waals surface area contributed by atoms with Gasteiger partial charge in [-0.2, -0.15) is 17.5 Å². The van der Waals surface area contributed by atoms with E-state index in [4.69, 9.17) is 34.8 Å². The van der Waals surface area contributed by atoms with Crippen LogP contribution in [0.5, 0.6) is 0 Å². The number of sulfonamides is 1. The number of carbonyl (C=O) groups excluding carboxylic acids is 1. The molecular weight excluding hydrogens is 464 g/mol. The SMILES string of the molecule is C[C@]1(C(=O)N2CCN(S(=O)(=O)c3ccc(Cl)c(C(F)(F)F)c3)CC2)CC1(Cl)Cl. The second kappa shape index (κ2) is 6.91. The van der Waals surface area contributed by atoms with Crippen LogP contribution in [-0.4, -0.2) is 54.0 Å². The van der Waals surface area contributed by atoms with Crippen molar-refractivity contribution in [2.45, 2.75) is 28.7 Å². The molecule has 1 aliphatic heterocycles. The summed E-state index contributed by atoms with van der Waals surface area (Å²) in [5.41, 5.74) is -2.12. The van der Waals surface area contributed by atoms with Crippen LogP contribution in [-0.2, 0) is 21.0 Å². The molecule has 0 aromatic heterocycles. The third-order valence-electron chi connectivity index (χ3n) is 5.14. The Morgan fingerprint density at radius 3 is 2.14 bits per heavy atom. The van der Waals surface area contributed by atoms with Crippen LogP contribution in [0.25, 0.3) is 0 Å². The molecule has 0 N–H and O–H groups in total. The summed E-state index contributed by atoms with van der Waals surface area (Å²) in [4.78, 5) is 13.5. The van der Waals surface area contributed by atoms with Crippen LogP contribution in [0.3, 0.4) is 0 Å². The van der Waals surface area contributed by atoms with E-state index in [0.29, 0.717) is 12.5 Å². The Morgan fingerprint density at radius 2 is 1.68 bits per heavy atom. The van der Waals surface area contributed by atoms with Gasteiger partial charge in [0.05, 0.1) is 20.9 Å². The summed E-state index contributed by atoms with van der Waals surface area (Å²) in [5.74, 6) is -0.264. The molecule has 0 spiro atoms. The highest BCUT2D eigenvalue weighted by Crippen LogP contribution is 2.64. The molecule has 5 nitrogen and oxygen atoms in total. The molecule has 0 radical (unpaired) electrons. The first-order valence-corrected chi connectivity index (χ1v) is 10.8. The van der Waals surface area contributed by atoms with Gasteiger partial charge in [-0.05, 0) is 31.5 Å². The van der Waals surface area contributed by atoms with Gasteiger partial charge in [0.1, 0.15) is 4.33 Å². The Labute approximate surface area is 175 Å². The number of nitrogens with zero attached hydrogens (tertiary/aromatic N) is 2. The average Bonchev–Trinajstić information content (AvgIpc) is 3.12. The predicted molar refractivity (Wildman–Crippen MR) is 99.0 cm³/mol. The van der Waals surface area contributed by atoms with Gasteiger partial charge in [-0.1, -0.05) is 11.6 Å². The van der Waals surface area contributed by atoms with Crippen molar-refractivity contribution in [3.8, 4) is 0 Å². The summed E-state index contributed by atoms with van der Waals surface area (Å²) < 4.78 is 64.4. The fourth-order valence-electron chi connectivity index (χ4n) is 3.14. The van der Waals surface area contributed by atoms with Crippen molar-refractivity contribution in [2.24, 2.45) is 5.41 Å². The van der Waals surface area contributed by atoms with E-state index in [1.807, 2.05) is 0 Å². The maximum Gasteiger partial charge on any atom is 0.417 e. The number of alkyl halides is 5. The van der Waals surface area contributed by atoms with E-state index in [0.717, 1.165) is 16.4 Å². The maximum atomic E-state index is 13.0. The van der Waals surface area contributed by atoms with Crippen molar-refractivity contribution in [1.29, 1.82) is 0 Å². The smallest absolute Gasteiger partial charge is 0.339 e.